The number of nitrogens with one attached hydrogen (secondary N) is 2. The molecule has 5 rings (SSSR count). The number of imidazole rings is 2. The molecule has 0 radical (unpaired) electrons. The van der Waals surface area contributed by atoms with E-state index < -0.39 is 0 Å². The summed E-state index contributed by atoms with van der Waals surface area (Å²) in [5.74, 6) is 6.04. The van der Waals surface area contributed by atoms with Gasteiger partial charge in [-0.05, 0) is 38.0 Å². The van der Waals surface area contributed by atoms with Crippen LogP contribution in [0.25, 0.3) is 33.5 Å². The number of nitrogens with two attached hydrogens (primary N) is 1. The zero-order valence-corrected chi connectivity index (χ0v) is 18.4. The van der Waals surface area contributed by atoms with Gasteiger partial charge in [-0.2, -0.15) is 0 Å². The van der Waals surface area contributed by atoms with E-state index in [2.05, 4.69) is 47.2 Å². The highest BCUT2D eigenvalue weighted by Crippen LogP contribution is 2.34. The van der Waals surface area contributed by atoms with Crippen LogP contribution in [-0.2, 0) is 11.3 Å². The van der Waals surface area contributed by atoms with Crippen molar-refractivity contribution in [3.8, 4) is 22.5 Å². The SMILES string of the molecule is Cc1cccc(-c2nc(CCON)[nH]c2-c2ccc3c(c2)[nH]c(=O)n3C2CCCCC2)c1. The van der Waals surface area contributed by atoms with Crippen LogP contribution in [0.5, 0.6) is 0 Å². The summed E-state index contributed by atoms with van der Waals surface area (Å²) in [6.45, 7) is 2.46. The molecule has 32 heavy (non-hydrogen) atoms. The summed E-state index contributed by atoms with van der Waals surface area (Å²) in [6, 6.07) is 14.8. The number of hydrogen-bond donors (Lipinski definition) is 3. The molecule has 4 N–H and O–H groups in total. The maximum Gasteiger partial charge on any atom is 0.326 e. The van der Waals surface area contributed by atoms with Crippen molar-refractivity contribution < 1.29 is 4.84 Å². The maximum absolute atomic E-state index is 12.8. The van der Waals surface area contributed by atoms with Crippen molar-refractivity contribution in [1.29, 1.82) is 0 Å². The topological polar surface area (TPSA) is 102 Å². The van der Waals surface area contributed by atoms with Gasteiger partial charge in [0.25, 0.3) is 0 Å². The van der Waals surface area contributed by atoms with Gasteiger partial charge in [-0.3, -0.25) is 4.57 Å². The molecule has 0 unspecified atom stereocenters. The molecule has 1 aliphatic rings. The standard InChI is InChI=1S/C25H29N5O2/c1-16-6-5-7-17(14-16)23-24(29-22(28-23)12-13-32-26)18-10-11-21-20(15-18)27-25(31)30(21)19-8-3-2-4-9-19/h5-7,10-11,14-15,19H,2-4,8-9,12-13,26H2,1H3,(H,27,31)(H,28,29). The molecule has 0 aliphatic heterocycles. The molecule has 0 spiro atoms. The monoisotopic (exact) mass is 431 g/mol. The number of fused-ring (bicyclic) bond motifs is 1. The van der Waals surface area contributed by atoms with Gasteiger partial charge in [0.1, 0.15) is 5.82 Å². The van der Waals surface area contributed by atoms with Gasteiger partial charge in [-0.15, -0.1) is 0 Å². The Bertz CT molecular complexity index is 1290. The lowest BCUT2D eigenvalue weighted by atomic mass is 9.95. The number of rotatable bonds is 6. The number of aryl methyl sites for hydroxylation is 1. The molecule has 2 aromatic carbocycles. The molecule has 4 aromatic rings. The Morgan fingerprint density at radius 1 is 1.09 bits per heavy atom. The molecule has 1 saturated carbocycles. The molecule has 7 heteroatoms. The van der Waals surface area contributed by atoms with Crippen molar-refractivity contribution in [3.05, 3.63) is 64.3 Å². The third-order valence-electron chi connectivity index (χ3n) is 6.45. The molecule has 2 aromatic heterocycles. The molecule has 1 aliphatic carbocycles. The number of hydrogen-bond acceptors (Lipinski definition) is 4. The minimum atomic E-state index is -0.0200. The van der Waals surface area contributed by atoms with Crippen LogP contribution < -0.4 is 11.6 Å². The summed E-state index contributed by atoms with van der Waals surface area (Å²) in [4.78, 5) is 28.9. The molecular weight excluding hydrogens is 402 g/mol. The summed E-state index contributed by atoms with van der Waals surface area (Å²) in [5.41, 5.74) is 6.82. The summed E-state index contributed by atoms with van der Waals surface area (Å²) in [5, 5.41) is 0. The first-order chi connectivity index (χ1) is 15.6. The Hall–Kier alpha value is -3.16. The van der Waals surface area contributed by atoms with E-state index in [0.29, 0.717) is 13.0 Å². The fourth-order valence-corrected chi connectivity index (χ4v) is 4.89. The van der Waals surface area contributed by atoms with Crippen LogP contribution in [0.2, 0.25) is 0 Å². The summed E-state index contributed by atoms with van der Waals surface area (Å²) in [6.07, 6.45) is 6.36. The lowest BCUT2D eigenvalue weighted by Gasteiger charge is -2.22. The van der Waals surface area contributed by atoms with Gasteiger partial charge in [-0.25, -0.2) is 15.7 Å². The number of aromatic amines is 2. The van der Waals surface area contributed by atoms with Crippen molar-refractivity contribution in [1.82, 2.24) is 19.5 Å². The third-order valence-corrected chi connectivity index (χ3v) is 6.45. The van der Waals surface area contributed by atoms with Crippen molar-refractivity contribution in [2.45, 2.75) is 51.5 Å². The van der Waals surface area contributed by atoms with E-state index in [-0.39, 0.29) is 11.7 Å². The average molecular weight is 432 g/mol. The van der Waals surface area contributed by atoms with E-state index in [9.17, 15) is 4.79 Å². The molecule has 0 atom stereocenters. The van der Waals surface area contributed by atoms with Crippen molar-refractivity contribution in [2.75, 3.05) is 6.61 Å². The number of benzene rings is 2. The maximum atomic E-state index is 12.8. The first-order valence-corrected chi connectivity index (χ1v) is 11.4. The van der Waals surface area contributed by atoms with Crippen LogP contribution >= 0.6 is 0 Å². The van der Waals surface area contributed by atoms with Gasteiger partial charge < -0.3 is 14.8 Å². The zero-order valence-electron chi connectivity index (χ0n) is 18.4. The fraction of sp³-hybridized carbons (Fsp3) is 0.360. The summed E-state index contributed by atoms with van der Waals surface area (Å²) < 4.78 is 1.96. The zero-order chi connectivity index (χ0) is 22.1. The molecule has 0 bridgehead atoms. The Labute approximate surface area is 186 Å². The van der Waals surface area contributed by atoms with E-state index in [1.165, 1.54) is 24.8 Å². The van der Waals surface area contributed by atoms with Gasteiger partial charge in [0, 0.05) is 23.6 Å². The number of nitrogens with zero attached hydrogens (tertiary/aromatic N) is 2. The lowest BCUT2D eigenvalue weighted by Crippen LogP contribution is -2.23. The molecule has 166 valence electrons. The Morgan fingerprint density at radius 2 is 1.94 bits per heavy atom. The minimum absolute atomic E-state index is 0.0200. The van der Waals surface area contributed by atoms with Crippen LogP contribution in [0.4, 0.5) is 0 Å². The number of H-pyrrole nitrogens is 2. The second kappa shape index (κ2) is 8.76. The molecule has 0 amide bonds. The fourth-order valence-electron chi connectivity index (χ4n) is 4.89. The smallest absolute Gasteiger partial charge is 0.326 e. The highest BCUT2D eigenvalue weighted by Gasteiger charge is 2.21. The van der Waals surface area contributed by atoms with Crippen LogP contribution in [0.3, 0.4) is 0 Å². The Balaban J connectivity index is 1.60. The van der Waals surface area contributed by atoms with Gasteiger partial charge >= 0.3 is 5.69 Å². The molecule has 7 nitrogen and oxygen atoms in total. The second-order valence-corrected chi connectivity index (χ2v) is 8.72. The van der Waals surface area contributed by atoms with Gasteiger partial charge in [-0.1, -0.05) is 49.1 Å². The van der Waals surface area contributed by atoms with E-state index in [1.807, 2.05) is 16.7 Å². The van der Waals surface area contributed by atoms with Crippen molar-refractivity contribution in [3.63, 3.8) is 0 Å². The average Bonchev–Trinajstić information content (AvgIpc) is 3.38. The molecule has 2 heterocycles. The van der Waals surface area contributed by atoms with Crippen LogP contribution in [0.15, 0.2) is 47.3 Å². The molecule has 1 fully saturated rings. The number of aromatic nitrogens is 4. The van der Waals surface area contributed by atoms with Gasteiger partial charge in [0.15, 0.2) is 0 Å². The summed E-state index contributed by atoms with van der Waals surface area (Å²) in [7, 11) is 0. The predicted molar refractivity (Wildman–Crippen MR) is 126 cm³/mol. The van der Waals surface area contributed by atoms with Gasteiger partial charge in [0.05, 0.1) is 29.0 Å². The first-order valence-electron chi connectivity index (χ1n) is 11.4. The Morgan fingerprint density at radius 3 is 2.72 bits per heavy atom. The minimum Gasteiger partial charge on any atom is -0.341 e. The predicted octanol–water partition coefficient (Wildman–Crippen LogP) is 4.63. The first kappa shape index (κ1) is 20.7. The second-order valence-electron chi connectivity index (χ2n) is 8.72. The molecule has 0 saturated heterocycles. The van der Waals surface area contributed by atoms with Crippen molar-refractivity contribution in [2.24, 2.45) is 5.90 Å². The summed E-state index contributed by atoms with van der Waals surface area (Å²) >= 11 is 0. The highest BCUT2D eigenvalue weighted by atomic mass is 16.6. The third kappa shape index (κ3) is 3.89. The van der Waals surface area contributed by atoms with Crippen LogP contribution in [0, 0.1) is 6.92 Å². The largest absolute Gasteiger partial charge is 0.341 e. The normalized spacial score (nSPS) is 14.9. The van der Waals surface area contributed by atoms with Crippen LogP contribution in [-0.4, -0.2) is 26.1 Å². The van der Waals surface area contributed by atoms with Gasteiger partial charge in [0.2, 0.25) is 0 Å². The van der Waals surface area contributed by atoms with E-state index in [1.54, 1.807) is 0 Å². The van der Waals surface area contributed by atoms with E-state index in [4.69, 9.17) is 15.7 Å². The van der Waals surface area contributed by atoms with Crippen molar-refractivity contribution >= 4 is 11.0 Å². The molecular formula is C25H29N5O2. The highest BCUT2D eigenvalue weighted by molar-refractivity contribution is 5.86. The quantitative estimate of drug-likeness (QED) is 0.387. The lowest BCUT2D eigenvalue weighted by molar-refractivity contribution is 0.140. The Kier molecular flexibility index (Phi) is 5.68. The van der Waals surface area contributed by atoms with E-state index >= 15 is 0 Å². The van der Waals surface area contributed by atoms with Crippen LogP contribution in [0.1, 0.15) is 49.5 Å². The van der Waals surface area contributed by atoms with E-state index in [0.717, 1.165) is 52.2 Å².